The summed E-state index contributed by atoms with van der Waals surface area (Å²) >= 11 is 1.88. The van der Waals surface area contributed by atoms with Gasteiger partial charge in [-0.15, -0.1) is 0 Å². The molecule has 0 spiro atoms. The zero-order chi connectivity index (χ0) is 38.6. The molecule has 0 saturated carbocycles. The molecule has 0 amide bonds. The number of benzene rings is 9. The molecule has 12 aromatic rings. The molecule has 0 unspecified atom stereocenters. The number of fused-ring (bicyclic) bond motifs is 10. The van der Waals surface area contributed by atoms with Crippen LogP contribution in [0.3, 0.4) is 0 Å². The predicted octanol–water partition coefficient (Wildman–Crippen LogP) is 15.0. The SMILES string of the molecule is c1ccc(-c2cc(-n3c4ccccc4c4cc(-c5ccc6c(c5)c5c7cccc8c7c(cc5n6-c5ccccc5)-c5ccccc5S8)ccc43)nc3ccccc23)cc1. The second-order valence-corrected chi connectivity index (χ2v) is 16.6. The summed E-state index contributed by atoms with van der Waals surface area (Å²) < 4.78 is 4.80. The van der Waals surface area contributed by atoms with Crippen LogP contribution in [0.4, 0.5) is 0 Å². The van der Waals surface area contributed by atoms with E-state index in [9.17, 15) is 0 Å². The molecule has 0 radical (unpaired) electrons. The van der Waals surface area contributed by atoms with Crippen LogP contribution in [0.15, 0.2) is 210 Å². The van der Waals surface area contributed by atoms with Gasteiger partial charge in [-0.2, -0.15) is 0 Å². The molecule has 0 bridgehead atoms. The molecule has 4 heteroatoms. The van der Waals surface area contributed by atoms with E-state index >= 15 is 0 Å². The van der Waals surface area contributed by atoms with E-state index in [1.165, 1.54) is 86.5 Å². The third kappa shape index (κ3) is 4.81. The Bertz CT molecular complexity index is 3690. The molecule has 0 atom stereocenters. The number of para-hydroxylation sites is 3. The molecular weight excluding hydrogens is 735 g/mol. The van der Waals surface area contributed by atoms with Crippen molar-refractivity contribution < 1.29 is 0 Å². The average molecular weight is 768 g/mol. The van der Waals surface area contributed by atoms with Gasteiger partial charge in [0.25, 0.3) is 0 Å². The molecule has 0 fully saturated rings. The normalized spacial score (nSPS) is 12.3. The molecule has 0 N–H and O–H groups in total. The fourth-order valence-corrected chi connectivity index (χ4v) is 10.9. The topological polar surface area (TPSA) is 22.8 Å². The number of pyridine rings is 1. The van der Waals surface area contributed by atoms with Gasteiger partial charge in [-0.05, 0) is 112 Å². The zero-order valence-corrected chi connectivity index (χ0v) is 32.6. The van der Waals surface area contributed by atoms with E-state index < -0.39 is 0 Å². The maximum atomic E-state index is 5.29. The number of aromatic nitrogens is 3. The van der Waals surface area contributed by atoms with E-state index in [1.807, 2.05) is 11.8 Å². The molecule has 274 valence electrons. The molecule has 3 aromatic heterocycles. The molecule has 13 rings (SSSR count). The van der Waals surface area contributed by atoms with Gasteiger partial charge in [-0.1, -0.05) is 139 Å². The number of nitrogens with zero attached hydrogens (tertiary/aromatic N) is 3. The minimum atomic E-state index is 0.913. The first kappa shape index (κ1) is 32.7. The Morgan fingerprint density at radius 2 is 0.983 bits per heavy atom. The summed E-state index contributed by atoms with van der Waals surface area (Å²) in [5, 5.41) is 8.75. The van der Waals surface area contributed by atoms with Crippen molar-refractivity contribution in [3.05, 3.63) is 200 Å². The smallest absolute Gasteiger partial charge is 0.138 e. The van der Waals surface area contributed by atoms with Crippen LogP contribution in [0.1, 0.15) is 0 Å². The summed E-state index contributed by atoms with van der Waals surface area (Å²) in [5.41, 5.74) is 14.2. The molecule has 9 aromatic carbocycles. The van der Waals surface area contributed by atoms with Crippen molar-refractivity contribution >= 4 is 77.0 Å². The van der Waals surface area contributed by atoms with Crippen LogP contribution in [0.2, 0.25) is 0 Å². The molecule has 59 heavy (non-hydrogen) atoms. The highest BCUT2D eigenvalue weighted by molar-refractivity contribution is 7.99. The minimum absolute atomic E-state index is 0.913. The van der Waals surface area contributed by atoms with E-state index in [4.69, 9.17) is 4.98 Å². The van der Waals surface area contributed by atoms with Crippen LogP contribution in [-0.2, 0) is 0 Å². The lowest BCUT2D eigenvalue weighted by atomic mass is 9.93. The second-order valence-electron chi connectivity index (χ2n) is 15.5. The molecule has 3 nitrogen and oxygen atoms in total. The first-order valence-corrected chi connectivity index (χ1v) is 20.9. The highest BCUT2D eigenvalue weighted by atomic mass is 32.2. The van der Waals surface area contributed by atoms with Gasteiger partial charge in [0, 0.05) is 47.8 Å². The predicted molar refractivity (Wildman–Crippen MR) is 248 cm³/mol. The highest BCUT2D eigenvalue weighted by Crippen LogP contribution is 2.51. The van der Waals surface area contributed by atoms with Gasteiger partial charge in [0.15, 0.2) is 0 Å². The molecule has 1 aliphatic rings. The lowest BCUT2D eigenvalue weighted by Crippen LogP contribution is -1.99. The van der Waals surface area contributed by atoms with Crippen LogP contribution in [0.5, 0.6) is 0 Å². The molecule has 1 aliphatic heterocycles. The van der Waals surface area contributed by atoms with Gasteiger partial charge in [0.2, 0.25) is 0 Å². The Morgan fingerprint density at radius 1 is 0.339 bits per heavy atom. The quantitative estimate of drug-likeness (QED) is 0.178. The maximum absolute atomic E-state index is 5.29. The van der Waals surface area contributed by atoms with Crippen LogP contribution in [0, 0.1) is 0 Å². The number of rotatable bonds is 4. The van der Waals surface area contributed by atoms with Crippen LogP contribution in [0.25, 0.3) is 110 Å². The Kier molecular flexibility index (Phi) is 6.95. The molecule has 0 saturated heterocycles. The second kappa shape index (κ2) is 12.5. The van der Waals surface area contributed by atoms with Crippen molar-refractivity contribution in [2.45, 2.75) is 9.79 Å². The zero-order valence-electron chi connectivity index (χ0n) is 31.8. The first-order valence-electron chi connectivity index (χ1n) is 20.1. The summed E-state index contributed by atoms with van der Waals surface area (Å²) in [4.78, 5) is 7.91. The highest BCUT2D eigenvalue weighted by Gasteiger charge is 2.24. The Labute approximate surface area is 344 Å². The third-order valence-electron chi connectivity index (χ3n) is 12.3. The summed E-state index contributed by atoms with van der Waals surface area (Å²) in [6, 6.07) is 73.1. The average Bonchev–Trinajstić information content (AvgIpc) is 3.81. The van der Waals surface area contributed by atoms with E-state index in [2.05, 4.69) is 209 Å². The van der Waals surface area contributed by atoms with Crippen molar-refractivity contribution in [2.24, 2.45) is 0 Å². The van der Waals surface area contributed by atoms with Crippen LogP contribution < -0.4 is 0 Å². The monoisotopic (exact) mass is 767 g/mol. The first-order chi connectivity index (χ1) is 29.3. The van der Waals surface area contributed by atoms with Crippen molar-refractivity contribution in [3.63, 3.8) is 0 Å². The fraction of sp³-hybridized carbons (Fsp3) is 0. The van der Waals surface area contributed by atoms with Gasteiger partial charge in [-0.3, -0.25) is 4.57 Å². The van der Waals surface area contributed by atoms with E-state index in [0.29, 0.717) is 0 Å². The number of hydrogen-bond acceptors (Lipinski definition) is 2. The molecule has 0 aliphatic carbocycles. The third-order valence-corrected chi connectivity index (χ3v) is 13.4. The fourth-order valence-electron chi connectivity index (χ4n) is 9.72. The van der Waals surface area contributed by atoms with Crippen LogP contribution in [-0.4, -0.2) is 14.1 Å². The maximum Gasteiger partial charge on any atom is 0.138 e. The molecule has 4 heterocycles. The minimum Gasteiger partial charge on any atom is -0.309 e. The van der Waals surface area contributed by atoms with Crippen molar-refractivity contribution in [1.82, 2.24) is 14.1 Å². The van der Waals surface area contributed by atoms with Gasteiger partial charge in [-0.25, -0.2) is 4.98 Å². The molecular formula is C55H33N3S. The summed E-state index contributed by atoms with van der Waals surface area (Å²) in [5.74, 6) is 0.913. The summed E-state index contributed by atoms with van der Waals surface area (Å²) in [6.45, 7) is 0. The van der Waals surface area contributed by atoms with Crippen molar-refractivity contribution in [1.29, 1.82) is 0 Å². The lowest BCUT2D eigenvalue weighted by Gasteiger charge is -2.21. The van der Waals surface area contributed by atoms with Crippen LogP contribution >= 0.6 is 11.8 Å². The van der Waals surface area contributed by atoms with Crippen molar-refractivity contribution in [2.75, 3.05) is 0 Å². The van der Waals surface area contributed by atoms with Gasteiger partial charge in [0.1, 0.15) is 5.82 Å². The van der Waals surface area contributed by atoms with E-state index in [1.54, 1.807) is 0 Å². The van der Waals surface area contributed by atoms with E-state index in [-0.39, 0.29) is 0 Å². The Hall–Kier alpha value is -7.40. The van der Waals surface area contributed by atoms with Gasteiger partial charge < -0.3 is 4.57 Å². The summed E-state index contributed by atoms with van der Waals surface area (Å²) in [6.07, 6.45) is 0. The Balaban J connectivity index is 1.05. The standard InChI is InChI=1S/C55H33N3S/c1-3-14-34(15-4-1)42-33-53(56-46-22-10-7-18-38(42)46)58-47-23-11-8-19-39(47)43-30-35(26-28-48(43)58)36-27-29-49-45(31-36)54-41-21-13-25-52-55(41)44(40-20-9-12-24-51(40)59-52)32-50(54)57(49)37-16-5-2-6-17-37/h1-33H. The van der Waals surface area contributed by atoms with Crippen molar-refractivity contribution in [3.8, 4) is 44.9 Å². The Morgan fingerprint density at radius 3 is 1.83 bits per heavy atom. The van der Waals surface area contributed by atoms with Gasteiger partial charge in [0.05, 0.1) is 27.6 Å². The largest absolute Gasteiger partial charge is 0.309 e. The number of hydrogen-bond donors (Lipinski definition) is 0. The van der Waals surface area contributed by atoms with E-state index in [0.717, 1.165) is 33.4 Å². The lowest BCUT2D eigenvalue weighted by molar-refractivity contribution is 1.10. The van der Waals surface area contributed by atoms with Gasteiger partial charge >= 0.3 is 0 Å². The summed E-state index contributed by atoms with van der Waals surface area (Å²) in [7, 11) is 0.